The summed E-state index contributed by atoms with van der Waals surface area (Å²) in [6.45, 7) is 2.43. The molecule has 0 bridgehead atoms. The molecule has 38 valence electrons. The average Bonchev–Trinajstić information content (AvgIpc) is 1.65. The standard InChI is InChI=1S/C4H12OSi/c1-4(2-5)3-6/h4-5H,2-3H2,1,6H3. The third-order valence-corrected chi connectivity index (χ3v) is 2.40. The van der Waals surface area contributed by atoms with E-state index in [1.807, 2.05) is 0 Å². The fourth-order valence-electron chi connectivity index (χ4n) is 0.129. The minimum absolute atomic E-state index is 0.365. The molecule has 1 unspecified atom stereocenters. The van der Waals surface area contributed by atoms with Crippen LogP contribution in [0.25, 0.3) is 0 Å². The zero-order valence-electron chi connectivity index (χ0n) is 4.44. The first-order valence-electron chi connectivity index (χ1n) is 2.42. The summed E-state index contributed by atoms with van der Waals surface area (Å²) in [5, 5.41) is 8.36. The fraction of sp³-hybridized carbons (Fsp3) is 1.00. The highest BCUT2D eigenvalue weighted by Gasteiger charge is 1.90. The molecule has 1 nitrogen and oxygen atoms in total. The lowest BCUT2D eigenvalue weighted by Gasteiger charge is -1.98. The second-order valence-electron chi connectivity index (χ2n) is 1.70. The molecular formula is C4H12OSi. The van der Waals surface area contributed by atoms with Gasteiger partial charge in [-0.1, -0.05) is 13.0 Å². The van der Waals surface area contributed by atoms with Crippen molar-refractivity contribution in [2.45, 2.75) is 13.0 Å². The number of hydrogen-bond acceptors (Lipinski definition) is 1. The highest BCUT2D eigenvalue weighted by molar-refractivity contribution is 6.08. The van der Waals surface area contributed by atoms with Gasteiger partial charge in [0.2, 0.25) is 0 Å². The molecule has 0 aliphatic heterocycles. The van der Waals surface area contributed by atoms with Crippen LogP contribution in [-0.4, -0.2) is 22.0 Å². The molecule has 6 heavy (non-hydrogen) atoms. The Labute approximate surface area is 41.8 Å². The maximum absolute atomic E-state index is 8.36. The molecule has 1 N–H and O–H groups in total. The maximum Gasteiger partial charge on any atom is 0.0453 e. The van der Waals surface area contributed by atoms with Gasteiger partial charge in [0.15, 0.2) is 0 Å². The lowest BCUT2D eigenvalue weighted by Crippen LogP contribution is -1.97. The van der Waals surface area contributed by atoms with Crippen molar-refractivity contribution in [2.75, 3.05) is 6.61 Å². The Morgan fingerprint density at radius 2 is 2.33 bits per heavy atom. The summed E-state index contributed by atoms with van der Waals surface area (Å²) >= 11 is 0. The molecule has 2 heteroatoms. The van der Waals surface area contributed by atoms with E-state index in [1.165, 1.54) is 16.3 Å². The molecule has 0 fully saturated rings. The van der Waals surface area contributed by atoms with Crippen LogP contribution < -0.4 is 0 Å². The molecule has 1 atom stereocenters. The monoisotopic (exact) mass is 104 g/mol. The first-order chi connectivity index (χ1) is 2.81. The summed E-state index contributed by atoms with van der Waals surface area (Å²) in [6.07, 6.45) is 0. The van der Waals surface area contributed by atoms with Crippen molar-refractivity contribution >= 4 is 10.2 Å². The first kappa shape index (κ1) is 6.18. The van der Waals surface area contributed by atoms with E-state index in [0.717, 1.165) is 0 Å². The van der Waals surface area contributed by atoms with Crippen molar-refractivity contribution in [3.8, 4) is 0 Å². The van der Waals surface area contributed by atoms with Gasteiger partial charge in [-0.25, -0.2) is 0 Å². The van der Waals surface area contributed by atoms with Gasteiger partial charge in [-0.3, -0.25) is 0 Å². The van der Waals surface area contributed by atoms with Gasteiger partial charge >= 0.3 is 0 Å². The van der Waals surface area contributed by atoms with E-state index in [9.17, 15) is 0 Å². The van der Waals surface area contributed by atoms with Crippen molar-refractivity contribution in [1.82, 2.24) is 0 Å². The summed E-state index contributed by atoms with van der Waals surface area (Å²) in [5.74, 6) is 0.552. The van der Waals surface area contributed by atoms with Gasteiger partial charge in [-0.05, 0) is 5.92 Å². The lowest BCUT2D eigenvalue weighted by molar-refractivity contribution is 0.248. The number of aliphatic hydroxyl groups is 1. The fourth-order valence-corrected chi connectivity index (χ4v) is 0.387. The second-order valence-corrected chi connectivity index (χ2v) is 2.51. The van der Waals surface area contributed by atoms with Crippen molar-refractivity contribution in [2.24, 2.45) is 5.92 Å². The molecule has 0 heterocycles. The number of aliphatic hydroxyl groups excluding tert-OH is 1. The van der Waals surface area contributed by atoms with Crippen LogP contribution in [0.15, 0.2) is 0 Å². The Morgan fingerprint density at radius 1 is 1.83 bits per heavy atom. The molecular weight excluding hydrogens is 92.1 g/mol. The van der Waals surface area contributed by atoms with Crippen LogP contribution in [0, 0.1) is 5.92 Å². The van der Waals surface area contributed by atoms with E-state index in [2.05, 4.69) is 6.92 Å². The Morgan fingerprint density at radius 3 is 2.33 bits per heavy atom. The highest BCUT2D eigenvalue weighted by atomic mass is 28.1. The highest BCUT2D eigenvalue weighted by Crippen LogP contribution is 1.93. The van der Waals surface area contributed by atoms with Gasteiger partial charge in [0, 0.05) is 16.8 Å². The van der Waals surface area contributed by atoms with E-state index < -0.39 is 0 Å². The van der Waals surface area contributed by atoms with Crippen molar-refractivity contribution in [3.05, 3.63) is 0 Å². The Hall–Kier alpha value is 0.177. The Kier molecular flexibility index (Phi) is 3.47. The van der Waals surface area contributed by atoms with Crippen molar-refractivity contribution in [1.29, 1.82) is 0 Å². The smallest absolute Gasteiger partial charge is 0.0453 e. The Balaban J connectivity index is 2.75. The first-order valence-corrected chi connectivity index (χ1v) is 3.83. The van der Waals surface area contributed by atoms with Crippen molar-refractivity contribution in [3.63, 3.8) is 0 Å². The summed E-state index contributed by atoms with van der Waals surface area (Å²) < 4.78 is 0. The third kappa shape index (κ3) is 2.42. The predicted octanol–water partition coefficient (Wildman–Crippen LogP) is -0.602. The van der Waals surface area contributed by atoms with Gasteiger partial charge < -0.3 is 5.11 Å². The van der Waals surface area contributed by atoms with Gasteiger partial charge in [0.1, 0.15) is 0 Å². The molecule has 0 rings (SSSR count). The minimum atomic E-state index is 0.365. The van der Waals surface area contributed by atoms with Crippen LogP contribution in [-0.2, 0) is 0 Å². The van der Waals surface area contributed by atoms with Crippen LogP contribution in [0.3, 0.4) is 0 Å². The predicted molar refractivity (Wildman–Crippen MR) is 31.0 cm³/mol. The zero-order chi connectivity index (χ0) is 4.99. The molecule has 0 aliphatic carbocycles. The van der Waals surface area contributed by atoms with Crippen LogP contribution in [0.2, 0.25) is 6.04 Å². The van der Waals surface area contributed by atoms with Gasteiger partial charge in [-0.2, -0.15) is 0 Å². The van der Waals surface area contributed by atoms with Crippen LogP contribution >= 0.6 is 0 Å². The quantitative estimate of drug-likeness (QED) is 0.464. The lowest BCUT2D eigenvalue weighted by atomic mass is 10.2. The number of rotatable bonds is 2. The van der Waals surface area contributed by atoms with E-state index in [0.29, 0.717) is 12.5 Å². The molecule has 0 radical (unpaired) electrons. The Bertz CT molecular complexity index is 26.7. The SMILES string of the molecule is CC(CO)C[SiH3]. The summed E-state index contributed by atoms with van der Waals surface area (Å²) in [6, 6.07) is 1.22. The normalized spacial score (nSPS) is 15.0. The number of hydrogen-bond donors (Lipinski definition) is 1. The largest absolute Gasteiger partial charge is 0.396 e. The molecule has 0 saturated carbocycles. The maximum atomic E-state index is 8.36. The molecule has 0 aliphatic rings. The zero-order valence-corrected chi connectivity index (χ0v) is 6.44. The van der Waals surface area contributed by atoms with Crippen LogP contribution in [0.4, 0.5) is 0 Å². The third-order valence-electron chi connectivity index (χ3n) is 1.01. The van der Waals surface area contributed by atoms with E-state index >= 15 is 0 Å². The van der Waals surface area contributed by atoms with Crippen molar-refractivity contribution < 1.29 is 5.11 Å². The van der Waals surface area contributed by atoms with Crippen LogP contribution in [0.5, 0.6) is 0 Å². The van der Waals surface area contributed by atoms with Crippen LogP contribution in [0.1, 0.15) is 6.92 Å². The average molecular weight is 104 g/mol. The molecule has 0 saturated heterocycles. The molecule has 0 amide bonds. The van der Waals surface area contributed by atoms with E-state index in [4.69, 9.17) is 5.11 Å². The summed E-state index contributed by atoms with van der Waals surface area (Å²) in [5.41, 5.74) is 0. The topological polar surface area (TPSA) is 20.2 Å². The van der Waals surface area contributed by atoms with E-state index in [1.54, 1.807) is 0 Å². The molecule has 0 spiro atoms. The second kappa shape index (κ2) is 3.37. The van der Waals surface area contributed by atoms with E-state index in [-0.39, 0.29) is 0 Å². The molecule has 0 aromatic carbocycles. The van der Waals surface area contributed by atoms with Gasteiger partial charge in [0.25, 0.3) is 0 Å². The summed E-state index contributed by atoms with van der Waals surface area (Å²) in [4.78, 5) is 0. The summed E-state index contributed by atoms with van der Waals surface area (Å²) in [7, 11) is 1.22. The molecule has 0 aromatic heterocycles. The van der Waals surface area contributed by atoms with Gasteiger partial charge in [-0.15, -0.1) is 0 Å². The van der Waals surface area contributed by atoms with Gasteiger partial charge in [0.05, 0.1) is 0 Å². The minimum Gasteiger partial charge on any atom is -0.396 e. The molecule has 0 aromatic rings.